The molecule has 0 spiro atoms. The van der Waals surface area contributed by atoms with Crippen molar-refractivity contribution in [2.24, 2.45) is 0 Å². The molecule has 0 radical (unpaired) electrons. The zero-order chi connectivity index (χ0) is 16.7. The molecule has 2 N–H and O–H groups in total. The average molecular weight is 313 g/mol. The summed E-state index contributed by atoms with van der Waals surface area (Å²) in [5, 5.41) is 11.4. The summed E-state index contributed by atoms with van der Waals surface area (Å²) in [4.78, 5) is 23.1. The van der Waals surface area contributed by atoms with E-state index >= 15 is 0 Å². The van der Waals surface area contributed by atoms with Crippen LogP contribution in [0.25, 0.3) is 6.08 Å². The quantitative estimate of drug-likeness (QED) is 0.806. The molecule has 0 fully saturated rings. The molecule has 0 bridgehead atoms. The summed E-state index contributed by atoms with van der Waals surface area (Å²) in [6, 6.07) is 16.1. The van der Waals surface area contributed by atoms with Gasteiger partial charge in [-0.1, -0.05) is 60.7 Å². The normalized spacial score (nSPS) is 12.5. The van der Waals surface area contributed by atoms with Crippen LogP contribution in [0.4, 0.5) is 4.39 Å². The summed E-state index contributed by atoms with van der Waals surface area (Å²) in [5.41, 5.74) is 1.27. The fraction of sp³-hybridized carbons (Fsp3) is 0.111. The number of hydrogen-bond acceptors (Lipinski definition) is 2. The highest BCUT2D eigenvalue weighted by Crippen LogP contribution is 2.09. The van der Waals surface area contributed by atoms with Crippen LogP contribution in [0.15, 0.2) is 66.5 Å². The molecule has 0 aliphatic heterocycles. The molecular formula is C18H16FNO3. The molecule has 0 aliphatic rings. The molecule has 0 unspecified atom stereocenters. The number of aliphatic carboxylic acids is 1. The molecule has 1 atom stereocenters. The number of amides is 1. The monoisotopic (exact) mass is 313 g/mol. The topological polar surface area (TPSA) is 66.4 Å². The van der Waals surface area contributed by atoms with Crippen molar-refractivity contribution in [3.8, 4) is 0 Å². The molecular weight excluding hydrogens is 297 g/mol. The van der Waals surface area contributed by atoms with Crippen LogP contribution in [0.5, 0.6) is 0 Å². The highest BCUT2D eigenvalue weighted by Gasteiger charge is 2.22. The molecule has 23 heavy (non-hydrogen) atoms. The lowest BCUT2D eigenvalue weighted by Gasteiger charge is -2.14. The Morgan fingerprint density at radius 1 is 1.04 bits per heavy atom. The molecule has 0 saturated carbocycles. The average Bonchev–Trinajstić information content (AvgIpc) is 2.56. The molecule has 0 aromatic heterocycles. The predicted octanol–water partition coefficient (Wildman–Crippen LogP) is 2.81. The van der Waals surface area contributed by atoms with Crippen molar-refractivity contribution < 1.29 is 19.1 Å². The van der Waals surface area contributed by atoms with Gasteiger partial charge in [0, 0.05) is 6.42 Å². The van der Waals surface area contributed by atoms with E-state index in [1.807, 2.05) is 0 Å². The van der Waals surface area contributed by atoms with E-state index in [2.05, 4.69) is 5.32 Å². The number of nitrogens with one attached hydrogen (secondary N) is 1. The van der Waals surface area contributed by atoms with E-state index in [1.165, 1.54) is 0 Å². The van der Waals surface area contributed by atoms with Crippen LogP contribution < -0.4 is 5.32 Å². The Morgan fingerprint density at radius 2 is 1.61 bits per heavy atom. The van der Waals surface area contributed by atoms with Gasteiger partial charge >= 0.3 is 5.97 Å². The number of rotatable bonds is 6. The highest BCUT2D eigenvalue weighted by atomic mass is 19.1. The first-order chi connectivity index (χ1) is 11.1. The molecule has 118 valence electrons. The van der Waals surface area contributed by atoms with E-state index in [1.54, 1.807) is 60.7 Å². The summed E-state index contributed by atoms with van der Waals surface area (Å²) < 4.78 is 13.9. The third-order valence-corrected chi connectivity index (χ3v) is 3.20. The minimum Gasteiger partial charge on any atom is -0.480 e. The Bertz CT molecular complexity index is 699. The van der Waals surface area contributed by atoms with E-state index < -0.39 is 23.7 Å². The van der Waals surface area contributed by atoms with Gasteiger partial charge in [0.05, 0.1) is 0 Å². The van der Waals surface area contributed by atoms with Crippen LogP contribution >= 0.6 is 0 Å². The summed E-state index contributed by atoms with van der Waals surface area (Å²) in [6.07, 6.45) is 1.15. The SMILES string of the molecule is O=C(N[C@@H](Cc1ccccc1)C(=O)O)C(F)=Cc1ccccc1. The van der Waals surface area contributed by atoms with Gasteiger partial charge in [0.15, 0.2) is 5.83 Å². The van der Waals surface area contributed by atoms with Crippen molar-refractivity contribution in [3.05, 3.63) is 77.6 Å². The maximum atomic E-state index is 13.9. The second kappa shape index (κ2) is 7.89. The number of carbonyl (C=O) groups excluding carboxylic acids is 1. The van der Waals surface area contributed by atoms with Gasteiger partial charge in [-0.3, -0.25) is 4.79 Å². The minimum absolute atomic E-state index is 0.0839. The van der Waals surface area contributed by atoms with Gasteiger partial charge in [0.1, 0.15) is 6.04 Å². The Labute approximate surface area is 133 Å². The minimum atomic E-state index is -1.21. The molecule has 0 saturated heterocycles. The lowest BCUT2D eigenvalue weighted by molar-refractivity contribution is -0.141. The predicted molar refractivity (Wildman–Crippen MR) is 85.2 cm³/mol. The maximum Gasteiger partial charge on any atom is 0.326 e. The van der Waals surface area contributed by atoms with Gasteiger partial charge in [-0.2, -0.15) is 0 Å². The fourth-order valence-corrected chi connectivity index (χ4v) is 2.04. The van der Waals surface area contributed by atoms with Crippen molar-refractivity contribution >= 4 is 18.0 Å². The molecule has 2 aromatic rings. The lowest BCUT2D eigenvalue weighted by Crippen LogP contribution is -2.42. The van der Waals surface area contributed by atoms with E-state index in [-0.39, 0.29) is 6.42 Å². The van der Waals surface area contributed by atoms with E-state index in [0.29, 0.717) is 5.56 Å². The Kier molecular flexibility index (Phi) is 5.63. The standard InChI is InChI=1S/C18H16FNO3/c19-15(11-13-7-3-1-4-8-13)17(21)20-16(18(22)23)12-14-9-5-2-6-10-14/h1-11,16H,12H2,(H,20,21)(H,22,23)/t16-/m0/s1. The molecule has 1 amide bonds. The number of benzene rings is 2. The van der Waals surface area contributed by atoms with E-state index in [9.17, 15) is 19.1 Å². The van der Waals surface area contributed by atoms with Crippen molar-refractivity contribution in [1.82, 2.24) is 5.32 Å². The van der Waals surface area contributed by atoms with Crippen molar-refractivity contribution in [2.75, 3.05) is 0 Å². The van der Waals surface area contributed by atoms with Crippen molar-refractivity contribution in [2.45, 2.75) is 12.5 Å². The Hall–Kier alpha value is -2.95. The summed E-state index contributed by atoms with van der Waals surface area (Å²) in [5.74, 6) is -3.29. The first-order valence-corrected chi connectivity index (χ1v) is 7.06. The highest BCUT2D eigenvalue weighted by molar-refractivity contribution is 5.97. The largest absolute Gasteiger partial charge is 0.480 e. The van der Waals surface area contributed by atoms with Crippen LogP contribution in [0.2, 0.25) is 0 Å². The fourth-order valence-electron chi connectivity index (χ4n) is 2.04. The van der Waals surface area contributed by atoms with Gasteiger partial charge in [0.2, 0.25) is 0 Å². The zero-order valence-corrected chi connectivity index (χ0v) is 12.3. The summed E-state index contributed by atoms with van der Waals surface area (Å²) in [6.45, 7) is 0. The number of halogens is 1. The first kappa shape index (κ1) is 16.4. The van der Waals surface area contributed by atoms with Crippen LogP contribution in [0.1, 0.15) is 11.1 Å². The second-order valence-electron chi connectivity index (χ2n) is 4.96. The van der Waals surface area contributed by atoms with Crippen molar-refractivity contribution in [3.63, 3.8) is 0 Å². The molecule has 2 rings (SSSR count). The van der Waals surface area contributed by atoms with Crippen LogP contribution in [-0.2, 0) is 16.0 Å². The van der Waals surface area contributed by atoms with Gasteiger partial charge in [-0.15, -0.1) is 0 Å². The summed E-state index contributed by atoms with van der Waals surface area (Å²) >= 11 is 0. The van der Waals surface area contributed by atoms with E-state index in [4.69, 9.17) is 0 Å². The lowest BCUT2D eigenvalue weighted by atomic mass is 10.1. The third kappa shape index (κ3) is 5.07. The molecule has 0 aliphatic carbocycles. The first-order valence-electron chi connectivity index (χ1n) is 7.06. The van der Waals surface area contributed by atoms with Gasteiger partial charge in [-0.25, -0.2) is 9.18 Å². The number of carboxylic acids is 1. The molecule has 0 heterocycles. The van der Waals surface area contributed by atoms with Crippen molar-refractivity contribution in [1.29, 1.82) is 0 Å². The number of carbonyl (C=O) groups is 2. The smallest absolute Gasteiger partial charge is 0.326 e. The van der Waals surface area contributed by atoms with Gasteiger partial charge < -0.3 is 10.4 Å². The zero-order valence-electron chi connectivity index (χ0n) is 12.3. The second-order valence-corrected chi connectivity index (χ2v) is 4.96. The van der Waals surface area contributed by atoms with Crippen LogP contribution in [0, 0.1) is 0 Å². The van der Waals surface area contributed by atoms with Crippen LogP contribution in [-0.4, -0.2) is 23.0 Å². The molecule has 4 nitrogen and oxygen atoms in total. The maximum absolute atomic E-state index is 13.9. The van der Waals surface area contributed by atoms with Gasteiger partial charge in [-0.05, 0) is 17.2 Å². The Morgan fingerprint density at radius 3 is 2.17 bits per heavy atom. The Balaban J connectivity index is 2.06. The number of hydrogen-bond donors (Lipinski definition) is 2. The molecule has 2 aromatic carbocycles. The van der Waals surface area contributed by atoms with Crippen LogP contribution in [0.3, 0.4) is 0 Å². The third-order valence-electron chi connectivity index (χ3n) is 3.20. The van der Waals surface area contributed by atoms with E-state index in [0.717, 1.165) is 11.6 Å². The summed E-state index contributed by atoms with van der Waals surface area (Å²) in [7, 11) is 0. The van der Waals surface area contributed by atoms with Gasteiger partial charge in [0.25, 0.3) is 5.91 Å². The molecule has 5 heteroatoms. The number of carboxylic acid groups (broad SMARTS) is 1.